The van der Waals surface area contributed by atoms with Gasteiger partial charge in [-0.1, -0.05) is 0 Å². The summed E-state index contributed by atoms with van der Waals surface area (Å²) in [6, 6.07) is 0. The minimum absolute atomic E-state index is 0.0237. The van der Waals surface area contributed by atoms with Gasteiger partial charge < -0.3 is 0 Å². The van der Waals surface area contributed by atoms with Crippen molar-refractivity contribution in [1.29, 1.82) is 0 Å². The first-order chi connectivity index (χ1) is 6.18. The van der Waals surface area contributed by atoms with E-state index in [-0.39, 0.29) is 10.7 Å². The van der Waals surface area contributed by atoms with Crippen LogP contribution in [0.3, 0.4) is 0 Å². The molecule has 0 aliphatic heterocycles. The molecule has 13 heavy (non-hydrogen) atoms. The van der Waals surface area contributed by atoms with Gasteiger partial charge >= 0.3 is 5.24 Å². The Morgan fingerprint density at radius 1 is 1.00 bits per heavy atom. The zero-order valence-electron chi connectivity index (χ0n) is 7.79. The Morgan fingerprint density at radius 2 is 1.38 bits per heavy atom. The lowest BCUT2D eigenvalue weighted by molar-refractivity contribution is -0.327. The fraction of sp³-hybridized carbons (Fsp3) is 0.909. The Balaban J connectivity index is 1.95. The average Bonchev–Trinajstić information content (AvgIpc) is 2.00. The summed E-state index contributed by atoms with van der Waals surface area (Å²) < 4.78 is 0. The standard InChI is InChI=1S/C11H16ClO/c12-10(13)11-4-7-1-8(5-11)3-9(2-7)6-11/h7-9,12H,1-6H2/q+1. The van der Waals surface area contributed by atoms with E-state index in [1.807, 2.05) is 0 Å². The summed E-state index contributed by atoms with van der Waals surface area (Å²) in [5.74, 6) is 2.54. The third-order valence-electron chi connectivity index (χ3n) is 4.47. The molecule has 4 aliphatic rings. The first-order valence-corrected chi connectivity index (χ1v) is 5.80. The fourth-order valence-corrected chi connectivity index (χ4v) is 4.61. The van der Waals surface area contributed by atoms with E-state index in [4.69, 9.17) is 11.6 Å². The summed E-state index contributed by atoms with van der Waals surface area (Å²) in [7, 11) is 0. The van der Waals surface area contributed by atoms with Gasteiger partial charge in [0.25, 0.3) is 0 Å². The molecular formula is C11H16ClO+. The highest BCUT2D eigenvalue weighted by molar-refractivity contribution is 5.73. The van der Waals surface area contributed by atoms with Gasteiger partial charge in [-0.05, 0) is 56.3 Å². The second kappa shape index (κ2) is 2.50. The SMILES string of the molecule is O=C([ClH+])C12CC3CC(CC(C3)C1)C2. The van der Waals surface area contributed by atoms with Crippen molar-refractivity contribution in [2.24, 2.45) is 23.2 Å². The quantitative estimate of drug-likeness (QED) is 0.591. The van der Waals surface area contributed by atoms with E-state index in [9.17, 15) is 4.79 Å². The molecule has 0 aromatic heterocycles. The molecule has 0 radical (unpaired) electrons. The van der Waals surface area contributed by atoms with Gasteiger partial charge in [0.2, 0.25) is 0 Å². The largest absolute Gasteiger partial charge is 0.405 e. The van der Waals surface area contributed by atoms with Crippen LogP contribution >= 0.6 is 0 Å². The number of carbonyl (C=O) groups is 1. The van der Waals surface area contributed by atoms with Crippen LogP contribution in [0, 0.1) is 34.8 Å². The second-order valence-corrected chi connectivity index (χ2v) is 5.86. The minimum atomic E-state index is -0.0237. The van der Waals surface area contributed by atoms with E-state index in [1.54, 1.807) is 0 Å². The maximum absolute atomic E-state index is 11.5. The van der Waals surface area contributed by atoms with Crippen LogP contribution in [0.5, 0.6) is 0 Å². The molecule has 4 saturated carbocycles. The summed E-state index contributed by atoms with van der Waals surface area (Å²) in [5.41, 5.74) is -0.0237. The molecule has 0 unspecified atom stereocenters. The van der Waals surface area contributed by atoms with Crippen molar-refractivity contribution >= 4 is 5.24 Å². The lowest BCUT2D eigenvalue weighted by Gasteiger charge is -2.53. The monoisotopic (exact) mass is 199 g/mol. The van der Waals surface area contributed by atoms with Crippen molar-refractivity contribution in [2.45, 2.75) is 38.5 Å². The molecule has 0 amide bonds. The van der Waals surface area contributed by atoms with Crippen LogP contribution < -0.4 is 0 Å². The van der Waals surface area contributed by atoms with Crippen LogP contribution in [-0.4, -0.2) is 5.24 Å². The molecule has 72 valence electrons. The normalized spacial score (nSPS) is 52.5. The molecule has 0 heterocycles. The maximum Gasteiger partial charge on any atom is 0.405 e. The third-order valence-corrected chi connectivity index (χ3v) is 4.90. The Hall–Kier alpha value is -0.0400. The van der Waals surface area contributed by atoms with Gasteiger partial charge in [-0.2, -0.15) is 0 Å². The van der Waals surface area contributed by atoms with Crippen LogP contribution in [0.25, 0.3) is 0 Å². The summed E-state index contributed by atoms with van der Waals surface area (Å²) in [4.78, 5) is 11.5. The molecule has 0 N–H and O–H groups in total. The first kappa shape index (κ1) is 8.28. The van der Waals surface area contributed by atoms with Gasteiger partial charge in [-0.15, -0.1) is 0 Å². The fourth-order valence-electron chi connectivity index (χ4n) is 4.36. The van der Waals surface area contributed by atoms with Gasteiger partial charge in [0, 0.05) is 0 Å². The Kier molecular flexibility index (Phi) is 1.59. The van der Waals surface area contributed by atoms with E-state index in [1.165, 1.54) is 19.3 Å². The van der Waals surface area contributed by atoms with Crippen LogP contribution in [-0.2, 0) is 4.79 Å². The smallest absolute Gasteiger partial charge is 0.225 e. The lowest BCUT2D eigenvalue weighted by atomic mass is 9.50. The summed E-state index contributed by atoms with van der Waals surface area (Å²) >= 11 is 4.93. The summed E-state index contributed by atoms with van der Waals surface area (Å²) in [6.45, 7) is 0. The van der Waals surface area contributed by atoms with Crippen molar-refractivity contribution in [3.8, 4) is 0 Å². The molecule has 0 atom stereocenters. The van der Waals surface area contributed by atoms with Crippen molar-refractivity contribution in [3.05, 3.63) is 0 Å². The Labute approximate surface area is 83.8 Å². The van der Waals surface area contributed by atoms with E-state index in [0.29, 0.717) is 0 Å². The highest BCUT2D eigenvalue weighted by atomic mass is 35.5. The van der Waals surface area contributed by atoms with Crippen LogP contribution in [0.4, 0.5) is 0 Å². The lowest BCUT2D eigenvalue weighted by Crippen LogP contribution is -2.49. The van der Waals surface area contributed by atoms with Gasteiger partial charge in [-0.25, -0.2) is 4.79 Å². The number of rotatable bonds is 1. The molecule has 0 saturated heterocycles. The number of hydrogen-bond donors (Lipinski definition) is 0. The Morgan fingerprint density at radius 3 is 1.69 bits per heavy atom. The second-order valence-electron chi connectivity index (χ2n) is 5.49. The molecule has 0 aromatic rings. The highest BCUT2D eigenvalue weighted by Gasteiger charge is 2.57. The van der Waals surface area contributed by atoms with Gasteiger partial charge in [0.05, 0.1) is 5.41 Å². The van der Waals surface area contributed by atoms with E-state index < -0.39 is 0 Å². The zero-order chi connectivity index (χ0) is 9.05. The van der Waals surface area contributed by atoms with Gasteiger partial charge in [0.1, 0.15) is 0 Å². The van der Waals surface area contributed by atoms with Crippen molar-refractivity contribution in [3.63, 3.8) is 0 Å². The summed E-state index contributed by atoms with van der Waals surface area (Å²) in [6.07, 6.45) is 7.55. The maximum atomic E-state index is 11.5. The molecule has 4 bridgehead atoms. The van der Waals surface area contributed by atoms with Gasteiger partial charge in [0.15, 0.2) is 11.6 Å². The molecule has 4 rings (SSSR count). The number of halogens is 1. The average molecular weight is 200 g/mol. The molecule has 4 fully saturated rings. The molecule has 0 spiro atoms. The van der Waals surface area contributed by atoms with Crippen molar-refractivity contribution in [1.82, 2.24) is 0 Å². The molecular weight excluding hydrogens is 184 g/mol. The summed E-state index contributed by atoms with van der Waals surface area (Å²) in [5, 5.41) is 0.0756. The van der Waals surface area contributed by atoms with E-state index >= 15 is 0 Å². The molecule has 4 aliphatic carbocycles. The number of carbonyl (C=O) groups excluding carboxylic acids is 1. The van der Waals surface area contributed by atoms with Crippen LogP contribution in [0.2, 0.25) is 0 Å². The van der Waals surface area contributed by atoms with Crippen LogP contribution in [0.1, 0.15) is 38.5 Å². The van der Waals surface area contributed by atoms with Crippen molar-refractivity contribution < 1.29 is 16.4 Å². The minimum Gasteiger partial charge on any atom is -0.225 e. The number of hydrogen-bond acceptors (Lipinski definition) is 1. The zero-order valence-corrected chi connectivity index (χ0v) is 8.61. The highest BCUT2D eigenvalue weighted by Crippen LogP contribution is 2.60. The molecule has 0 aromatic carbocycles. The van der Waals surface area contributed by atoms with Crippen LogP contribution in [0.15, 0.2) is 0 Å². The van der Waals surface area contributed by atoms with E-state index in [0.717, 1.165) is 37.0 Å². The first-order valence-electron chi connectivity index (χ1n) is 5.39. The van der Waals surface area contributed by atoms with E-state index in [2.05, 4.69) is 0 Å². The molecule has 1 nitrogen and oxygen atoms in total. The predicted molar refractivity (Wildman–Crippen MR) is 47.0 cm³/mol. The van der Waals surface area contributed by atoms with Crippen molar-refractivity contribution in [2.75, 3.05) is 0 Å². The third kappa shape index (κ3) is 1.09. The molecule has 2 heteroatoms. The van der Waals surface area contributed by atoms with Gasteiger partial charge in [-0.3, -0.25) is 0 Å². The topological polar surface area (TPSA) is 17.1 Å². The predicted octanol–water partition coefficient (Wildman–Crippen LogP) is 2.01. The Bertz CT molecular complexity index is 224.